The Labute approximate surface area is 183 Å². The molecule has 0 saturated carbocycles. The van der Waals surface area contributed by atoms with Crippen LogP contribution in [0.2, 0.25) is 0 Å². The second kappa shape index (κ2) is 8.74. The van der Waals surface area contributed by atoms with Gasteiger partial charge in [0.15, 0.2) is 9.84 Å². The molecule has 7 nitrogen and oxygen atoms in total. The van der Waals surface area contributed by atoms with Crippen molar-refractivity contribution in [3.63, 3.8) is 0 Å². The Morgan fingerprint density at radius 3 is 2.42 bits per heavy atom. The molecule has 31 heavy (non-hydrogen) atoms. The fourth-order valence-corrected chi connectivity index (χ4v) is 5.04. The predicted molar refractivity (Wildman–Crippen MR) is 123 cm³/mol. The summed E-state index contributed by atoms with van der Waals surface area (Å²) in [5, 5.41) is 13.6. The molecule has 1 aliphatic rings. The number of nitrogens with one attached hydrogen (secondary N) is 3. The molecule has 2 rings (SSSR count). The molecule has 0 bridgehead atoms. The lowest BCUT2D eigenvalue weighted by Crippen LogP contribution is -2.66. The Bertz CT molecular complexity index is 1100. The zero-order valence-electron chi connectivity index (χ0n) is 18.6. The molecule has 1 atom stereocenters. The highest BCUT2D eigenvalue weighted by atomic mass is 32.2. The SMILES string of the molecule is C/N=C(\NC=O)c1cccc(/C(C)=C/C(F)=C(\C)[C@]2(C)CS(=O)(=O)C(C)(C)C(=N)N2)c1. The Kier molecular flexibility index (Phi) is 6.90. The molecule has 0 aromatic heterocycles. The molecule has 1 fully saturated rings. The average molecular weight is 449 g/mol. The minimum absolute atomic E-state index is 0.157. The number of nitrogens with zero attached hydrogens (tertiary/aromatic N) is 1. The summed E-state index contributed by atoms with van der Waals surface area (Å²) in [6.45, 7) is 7.79. The Morgan fingerprint density at radius 2 is 1.87 bits per heavy atom. The number of sulfone groups is 1. The summed E-state index contributed by atoms with van der Waals surface area (Å²) < 4.78 is 39.3. The van der Waals surface area contributed by atoms with Crippen LogP contribution in [0.4, 0.5) is 4.39 Å². The Morgan fingerprint density at radius 1 is 1.26 bits per heavy atom. The number of allylic oxidation sites excluding steroid dienone is 3. The van der Waals surface area contributed by atoms with Gasteiger partial charge in [-0.2, -0.15) is 0 Å². The number of hydrogen-bond donors (Lipinski definition) is 3. The number of aliphatic imine (C=N–C) groups is 1. The number of carbonyl (C=O) groups excluding carboxylic acids is 1. The average Bonchev–Trinajstić information content (AvgIpc) is 2.69. The second-order valence-electron chi connectivity index (χ2n) is 8.32. The van der Waals surface area contributed by atoms with Gasteiger partial charge in [-0.25, -0.2) is 12.8 Å². The summed E-state index contributed by atoms with van der Waals surface area (Å²) in [4.78, 5) is 14.8. The van der Waals surface area contributed by atoms with E-state index in [1.165, 1.54) is 26.8 Å². The largest absolute Gasteiger partial charge is 0.363 e. The molecular weight excluding hydrogens is 419 g/mol. The first-order valence-corrected chi connectivity index (χ1v) is 11.4. The van der Waals surface area contributed by atoms with E-state index in [-0.39, 0.29) is 17.2 Å². The zero-order valence-corrected chi connectivity index (χ0v) is 19.4. The fraction of sp³-hybridized carbons (Fsp3) is 0.409. The molecule has 9 heteroatoms. The first-order valence-electron chi connectivity index (χ1n) is 9.71. The van der Waals surface area contributed by atoms with Crippen LogP contribution in [0.1, 0.15) is 45.7 Å². The van der Waals surface area contributed by atoms with Crippen LogP contribution in [0.15, 0.2) is 46.7 Å². The van der Waals surface area contributed by atoms with Crippen molar-refractivity contribution in [1.82, 2.24) is 10.6 Å². The number of amides is 1. The number of halogens is 1. The van der Waals surface area contributed by atoms with E-state index in [1.807, 2.05) is 0 Å². The lowest BCUT2D eigenvalue weighted by Gasteiger charge is -2.43. The Balaban J connectivity index is 2.43. The third kappa shape index (κ3) is 4.76. The van der Waals surface area contributed by atoms with Crippen molar-refractivity contribution >= 4 is 33.5 Å². The van der Waals surface area contributed by atoms with Gasteiger partial charge in [0.25, 0.3) is 0 Å². The van der Waals surface area contributed by atoms with Crippen molar-refractivity contribution in [2.45, 2.75) is 44.9 Å². The van der Waals surface area contributed by atoms with Crippen molar-refractivity contribution in [3.8, 4) is 0 Å². The van der Waals surface area contributed by atoms with Gasteiger partial charge < -0.3 is 10.6 Å². The first kappa shape index (κ1) is 24.5. The monoisotopic (exact) mass is 448 g/mol. The molecule has 1 aromatic rings. The van der Waals surface area contributed by atoms with E-state index >= 15 is 4.39 Å². The number of amidine groups is 2. The summed E-state index contributed by atoms with van der Waals surface area (Å²) in [6, 6.07) is 7.12. The number of rotatable bonds is 5. The van der Waals surface area contributed by atoms with Crippen LogP contribution in [0.5, 0.6) is 0 Å². The van der Waals surface area contributed by atoms with Crippen LogP contribution >= 0.6 is 0 Å². The fourth-order valence-electron chi connectivity index (χ4n) is 3.27. The van der Waals surface area contributed by atoms with Gasteiger partial charge in [-0.1, -0.05) is 18.2 Å². The Hall–Kier alpha value is -2.81. The number of hydrogen-bond acceptors (Lipinski definition) is 5. The van der Waals surface area contributed by atoms with Crippen LogP contribution in [0.3, 0.4) is 0 Å². The van der Waals surface area contributed by atoms with Crippen LogP contribution in [-0.2, 0) is 14.6 Å². The molecule has 168 valence electrons. The lowest BCUT2D eigenvalue weighted by atomic mass is 9.91. The minimum Gasteiger partial charge on any atom is -0.363 e. The molecule has 1 saturated heterocycles. The zero-order chi connectivity index (χ0) is 23.6. The standard InChI is InChI=1S/C22H29FN4O3S/c1-14(16-8-7-9-17(11-16)19(25-6)26-13-28)10-18(23)15(2)22(5)12-31(29,30)21(3,4)20(24)27-22/h7-11,13H,12H2,1-6H3,(H2,24,27)(H,25,26,28)/b14-10+,18-15-/t22-/m0/s1. The van der Waals surface area contributed by atoms with E-state index in [1.54, 1.807) is 45.2 Å². The summed E-state index contributed by atoms with van der Waals surface area (Å²) in [5.74, 6) is -0.654. The van der Waals surface area contributed by atoms with Crippen molar-refractivity contribution in [1.29, 1.82) is 5.41 Å². The van der Waals surface area contributed by atoms with Crippen LogP contribution in [0, 0.1) is 5.41 Å². The smallest absolute Gasteiger partial charge is 0.212 e. The summed E-state index contributed by atoms with van der Waals surface area (Å²) in [5.41, 5.74) is 0.966. The van der Waals surface area contributed by atoms with E-state index in [0.29, 0.717) is 23.4 Å². The predicted octanol–water partition coefficient (Wildman–Crippen LogP) is 2.99. The van der Waals surface area contributed by atoms with E-state index in [4.69, 9.17) is 5.41 Å². The number of carbonyl (C=O) groups is 1. The van der Waals surface area contributed by atoms with E-state index in [9.17, 15) is 13.2 Å². The molecule has 3 N–H and O–H groups in total. The molecule has 0 unspecified atom stereocenters. The van der Waals surface area contributed by atoms with Gasteiger partial charge in [0.1, 0.15) is 22.2 Å². The maximum atomic E-state index is 15.2. The highest BCUT2D eigenvalue weighted by molar-refractivity contribution is 7.93. The number of benzene rings is 1. The highest BCUT2D eigenvalue weighted by Crippen LogP contribution is 2.34. The van der Waals surface area contributed by atoms with Gasteiger partial charge in [0.05, 0.1) is 11.3 Å². The van der Waals surface area contributed by atoms with Crippen LogP contribution in [-0.4, -0.2) is 49.6 Å². The normalized spacial score (nSPS) is 24.2. The van der Waals surface area contributed by atoms with E-state index in [0.717, 1.165) is 5.56 Å². The van der Waals surface area contributed by atoms with E-state index in [2.05, 4.69) is 15.6 Å². The summed E-state index contributed by atoms with van der Waals surface area (Å²) in [6.07, 6.45) is 1.88. The van der Waals surface area contributed by atoms with Crippen LogP contribution < -0.4 is 10.6 Å². The van der Waals surface area contributed by atoms with Gasteiger partial charge in [0, 0.05) is 12.6 Å². The van der Waals surface area contributed by atoms with Gasteiger partial charge in [0.2, 0.25) is 6.41 Å². The molecule has 1 aromatic carbocycles. The van der Waals surface area contributed by atoms with Gasteiger partial charge in [-0.3, -0.25) is 15.2 Å². The molecule has 0 radical (unpaired) electrons. The topological polar surface area (TPSA) is 111 Å². The third-order valence-electron chi connectivity index (χ3n) is 5.80. The maximum Gasteiger partial charge on any atom is 0.212 e. The van der Waals surface area contributed by atoms with E-state index < -0.39 is 26.0 Å². The first-order chi connectivity index (χ1) is 14.3. The van der Waals surface area contributed by atoms with Crippen molar-refractivity contribution < 1.29 is 17.6 Å². The lowest BCUT2D eigenvalue weighted by molar-refractivity contribution is -0.108. The quantitative estimate of drug-likeness (QED) is 0.278. The molecular formula is C22H29FN4O3S. The van der Waals surface area contributed by atoms with Crippen LogP contribution in [0.25, 0.3) is 5.57 Å². The second-order valence-corrected chi connectivity index (χ2v) is 10.9. The molecule has 1 aliphatic heterocycles. The highest BCUT2D eigenvalue weighted by Gasteiger charge is 2.50. The minimum atomic E-state index is -3.66. The van der Waals surface area contributed by atoms with Gasteiger partial charge in [-0.15, -0.1) is 0 Å². The molecule has 1 heterocycles. The molecule has 0 spiro atoms. The summed E-state index contributed by atoms with van der Waals surface area (Å²) >= 11 is 0. The van der Waals surface area contributed by atoms with Gasteiger partial charge in [-0.05, 0) is 63.5 Å². The maximum absolute atomic E-state index is 15.2. The van der Waals surface area contributed by atoms with Crippen molar-refractivity contribution in [2.75, 3.05) is 12.8 Å². The third-order valence-corrected chi connectivity index (χ3v) is 8.52. The molecule has 0 aliphatic carbocycles. The summed E-state index contributed by atoms with van der Waals surface area (Å²) in [7, 11) is -2.10. The van der Waals surface area contributed by atoms with Crippen molar-refractivity contribution in [2.24, 2.45) is 4.99 Å². The van der Waals surface area contributed by atoms with Crippen molar-refractivity contribution in [3.05, 3.63) is 52.9 Å². The van der Waals surface area contributed by atoms with Gasteiger partial charge >= 0.3 is 0 Å². The molecule has 1 amide bonds.